The first-order valence-electron chi connectivity index (χ1n) is 2.41. The fourth-order valence-corrected chi connectivity index (χ4v) is 0.601. The number of nitrogens with zero attached hydrogens (tertiary/aromatic N) is 1. The summed E-state index contributed by atoms with van der Waals surface area (Å²) in [7, 11) is 0. The Morgan fingerprint density at radius 3 is 2.38 bits per heavy atom. The van der Waals surface area contributed by atoms with Crippen LogP contribution in [0.1, 0.15) is 12.8 Å². The lowest BCUT2D eigenvalue weighted by atomic mass is 10.3. The summed E-state index contributed by atoms with van der Waals surface area (Å²) in [6.07, 6.45) is -0.0758. The second-order valence-corrected chi connectivity index (χ2v) is 2.02. The van der Waals surface area contributed by atoms with E-state index >= 15 is 0 Å². The van der Waals surface area contributed by atoms with Crippen molar-refractivity contribution in [3.63, 3.8) is 0 Å². The second kappa shape index (κ2) is 1.41. The average molecular weight is 117 g/mol. The third-order valence-corrected chi connectivity index (χ3v) is 1.29. The summed E-state index contributed by atoms with van der Waals surface area (Å²) >= 11 is 0. The average Bonchev–Trinajstić information content (AvgIpc) is 2.15. The van der Waals surface area contributed by atoms with Crippen LogP contribution in [0.4, 0.5) is 8.78 Å². The maximum Gasteiger partial charge on any atom is 0.252 e. The summed E-state index contributed by atoms with van der Waals surface area (Å²) in [5.74, 6) is -3.14. The molecule has 0 spiro atoms. The van der Waals surface area contributed by atoms with Crippen molar-refractivity contribution in [3.8, 4) is 6.07 Å². The molecule has 8 heavy (non-hydrogen) atoms. The van der Waals surface area contributed by atoms with Gasteiger partial charge in [0.05, 0.1) is 6.07 Å². The van der Waals surface area contributed by atoms with Gasteiger partial charge in [0.15, 0.2) is 0 Å². The van der Waals surface area contributed by atoms with Crippen molar-refractivity contribution in [2.75, 3.05) is 0 Å². The molecule has 0 N–H and O–H groups in total. The zero-order valence-corrected chi connectivity index (χ0v) is 4.19. The minimum absolute atomic E-state index is 0.00694. The SMILES string of the molecule is N#CCC1CC1(F)F. The van der Waals surface area contributed by atoms with Crippen LogP contribution in [-0.4, -0.2) is 5.92 Å². The maximum atomic E-state index is 11.8. The number of halogens is 2. The van der Waals surface area contributed by atoms with Crippen LogP contribution in [0, 0.1) is 17.2 Å². The highest BCUT2D eigenvalue weighted by molar-refractivity contribution is 4.99. The highest BCUT2D eigenvalue weighted by Gasteiger charge is 2.56. The Morgan fingerprint density at radius 1 is 1.75 bits per heavy atom. The van der Waals surface area contributed by atoms with Crippen molar-refractivity contribution < 1.29 is 8.78 Å². The zero-order valence-electron chi connectivity index (χ0n) is 4.19. The topological polar surface area (TPSA) is 23.8 Å². The largest absolute Gasteiger partial charge is 0.252 e. The molecule has 1 fully saturated rings. The van der Waals surface area contributed by atoms with Crippen LogP contribution in [0.25, 0.3) is 0 Å². The van der Waals surface area contributed by atoms with Gasteiger partial charge >= 0.3 is 0 Å². The lowest BCUT2D eigenvalue weighted by molar-refractivity contribution is 0.0997. The van der Waals surface area contributed by atoms with Crippen LogP contribution < -0.4 is 0 Å². The van der Waals surface area contributed by atoms with E-state index in [0.29, 0.717) is 0 Å². The summed E-state index contributed by atoms with van der Waals surface area (Å²) in [6.45, 7) is 0. The predicted octanol–water partition coefficient (Wildman–Crippen LogP) is 1.56. The standard InChI is InChI=1S/C5H5F2N/c6-5(7)3-4(5)1-2-8/h4H,1,3H2. The second-order valence-electron chi connectivity index (χ2n) is 2.02. The van der Waals surface area contributed by atoms with Gasteiger partial charge in [0, 0.05) is 18.8 Å². The van der Waals surface area contributed by atoms with E-state index in [4.69, 9.17) is 5.26 Å². The van der Waals surface area contributed by atoms with Crippen molar-refractivity contribution in [3.05, 3.63) is 0 Å². The Hall–Kier alpha value is -0.650. The van der Waals surface area contributed by atoms with Crippen molar-refractivity contribution in [2.45, 2.75) is 18.8 Å². The van der Waals surface area contributed by atoms with Gasteiger partial charge in [-0.25, -0.2) is 8.78 Å². The van der Waals surface area contributed by atoms with E-state index in [-0.39, 0.29) is 12.8 Å². The molecule has 1 nitrogen and oxygen atoms in total. The lowest BCUT2D eigenvalue weighted by Gasteiger charge is -1.85. The number of nitriles is 1. The fraction of sp³-hybridized carbons (Fsp3) is 0.800. The molecule has 3 heteroatoms. The van der Waals surface area contributed by atoms with Crippen molar-refractivity contribution in [1.82, 2.24) is 0 Å². The molecule has 0 amide bonds. The molecule has 0 saturated heterocycles. The van der Waals surface area contributed by atoms with E-state index in [1.165, 1.54) is 0 Å². The van der Waals surface area contributed by atoms with Gasteiger partial charge in [0.25, 0.3) is 5.92 Å². The fourth-order valence-electron chi connectivity index (χ4n) is 0.601. The molecule has 44 valence electrons. The summed E-state index contributed by atoms with van der Waals surface area (Å²) in [4.78, 5) is 0. The molecular weight excluding hydrogens is 112 g/mol. The van der Waals surface area contributed by atoms with E-state index < -0.39 is 11.8 Å². The first kappa shape index (κ1) is 5.49. The van der Waals surface area contributed by atoms with E-state index in [2.05, 4.69) is 0 Å². The predicted molar refractivity (Wildman–Crippen MR) is 23.3 cm³/mol. The summed E-state index contributed by atoms with van der Waals surface area (Å²) in [6, 6.07) is 1.71. The van der Waals surface area contributed by atoms with Crippen LogP contribution in [0.15, 0.2) is 0 Å². The lowest BCUT2D eigenvalue weighted by Crippen LogP contribution is -1.91. The number of hydrogen-bond acceptors (Lipinski definition) is 1. The number of alkyl halides is 2. The summed E-state index contributed by atoms with van der Waals surface area (Å²) < 4.78 is 23.7. The van der Waals surface area contributed by atoms with Gasteiger partial charge in [-0.1, -0.05) is 0 Å². The Bertz CT molecular complexity index is 136. The van der Waals surface area contributed by atoms with E-state index in [1.54, 1.807) is 6.07 Å². The van der Waals surface area contributed by atoms with Crippen LogP contribution in [0.3, 0.4) is 0 Å². The van der Waals surface area contributed by atoms with Crippen LogP contribution in [0.2, 0.25) is 0 Å². The number of hydrogen-bond donors (Lipinski definition) is 0. The molecule has 0 bridgehead atoms. The van der Waals surface area contributed by atoms with E-state index in [0.717, 1.165) is 0 Å². The van der Waals surface area contributed by atoms with Gasteiger partial charge in [0.1, 0.15) is 0 Å². The molecule has 0 aromatic rings. The van der Waals surface area contributed by atoms with Gasteiger partial charge in [-0.05, 0) is 0 Å². The molecule has 1 atom stereocenters. The molecule has 0 heterocycles. The van der Waals surface area contributed by atoms with E-state index in [1.807, 2.05) is 0 Å². The van der Waals surface area contributed by atoms with Gasteiger partial charge in [-0.3, -0.25) is 0 Å². The third-order valence-electron chi connectivity index (χ3n) is 1.29. The van der Waals surface area contributed by atoms with Crippen LogP contribution in [-0.2, 0) is 0 Å². The summed E-state index contributed by atoms with van der Waals surface area (Å²) in [5.41, 5.74) is 0. The zero-order chi connectivity index (χ0) is 6.20. The highest BCUT2D eigenvalue weighted by Crippen LogP contribution is 2.50. The van der Waals surface area contributed by atoms with E-state index in [9.17, 15) is 8.78 Å². The van der Waals surface area contributed by atoms with Crippen molar-refractivity contribution in [1.29, 1.82) is 5.26 Å². The molecule has 0 radical (unpaired) electrons. The molecule has 1 unspecified atom stereocenters. The highest BCUT2D eigenvalue weighted by atomic mass is 19.3. The molecule has 1 aliphatic carbocycles. The maximum absolute atomic E-state index is 11.8. The first-order valence-corrected chi connectivity index (χ1v) is 2.41. The molecule has 1 rings (SSSR count). The Kier molecular flexibility index (Phi) is 0.968. The Labute approximate surface area is 45.9 Å². The van der Waals surface area contributed by atoms with Crippen LogP contribution >= 0.6 is 0 Å². The third kappa shape index (κ3) is 0.786. The normalized spacial score (nSPS) is 31.4. The van der Waals surface area contributed by atoms with Gasteiger partial charge in [-0.15, -0.1) is 0 Å². The van der Waals surface area contributed by atoms with Gasteiger partial charge in [0.2, 0.25) is 0 Å². The van der Waals surface area contributed by atoms with Crippen LogP contribution in [0.5, 0.6) is 0 Å². The molecule has 0 aliphatic heterocycles. The quantitative estimate of drug-likeness (QED) is 0.511. The molecule has 1 aliphatic rings. The first-order chi connectivity index (χ1) is 3.67. The minimum atomic E-state index is -2.50. The number of rotatable bonds is 1. The van der Waals surface area contributed by atoms with Crippen molar-refractivity contribution in [2.24, 2.45) is 5.92 Å². The Balaban J connectivity index is 2.29. The van der Waals surface area contributed by atoms with Gasteiger partial charge in [-0.2, -0.15) is 5.26 Å². The molecule has 0 aromatic carbocycles. The minimum Gasteiger partial charge on any atom is -0.207 e. The molecule has 0 aromatic heterocycles. The smallest absolute Gasteiger partial charge is 0.207 e. The summed E-state index contributed by atoms with van der Waals surface area (Å²) in [5, 5.41) is 7.93. The Morgan fingerprint density at radius 2 is 2.25 bits per heavy atom. The molecule has 1 saturated carbocycles. The monoisotopic (exact) mass is 117 g/mol. The van der Waals surface area contributed by atoms with Crippen molar-refractivity contribution >= 4 is 0 Å². The molecular formula is C5H5F2N. The van der Waals surface area contributed by atoms with Gasteiger partial charge < -0.3 is 0 Å².